The second-order valence-electron chi connectivity index (χ2n) is 13.7. The third kappa shape index (κ3) is 10.2. The van der Waals surface area contributed by atoms with Gasteiger partial charge in [-0.3, -0.25) is 4.79 Å². The third-order valence-corrected chi connectivity index (χ3v) is 9.27. The molecule has 3 N–H and O–H groups in total. The first kappa shape index (κ1) is 36.4. The lowest BCUT2D eigenvalue weighted by molar-refractivity contribution is -0.143. The van der Waals surface area contributed by atoms with Gasteiger partial charge in [-0.05, 0) is 47.7 Å². The zero-order valence-corrected chi connectivity index (χ0v) is 28.3. The van der Waals surface area contributed by atoms with Gasteiger partial charge in [0.25, 0.3) is 0 Å². The number of ether oxygens (including phenoxy) is 1. The van der Waals surface area contributed by atoms with Crippen molar-refractivity contribution in [1.82, 2.24) is 14.8 Å². The van der Waals surface area contributed by atoms with Crippen LogP contribution in [0, 0.1) is 17.0 Å². The van der Waals surface area contributed by atoms with E-state index in [0.717, 1.165) is 23.8 Å². The van der Waals surface area contributed by atoms with Crippen molar-refractivity contribution in [2.24, 2.45) is 5.41 Å². The number of halogens is 2. The topological polar surface area (TPSA) is 121 Å². The van der Waals surface area contributed by atoms with Gasteiger partial charge in [-0.25, -0.2) is 18.4 Å². The fraction of sp³-hybridized carbons (Fsp3) is 0.441. The molecule has 0 aliphatic heterocycles. The summed E-state index contributed by atoms with van der Waals surface area (Å²) in [6.07, 6.45) is 0.650. The smallest absolute Gasteiger partial charge is 0.407 e. The van der Waals surface area contributed by atoms with Crippen molar-refractivity contribution >= 4 is 26.0 Å². The van der Waals surface area contributed by atoms with Crippen molar-refractivity contribution in [2.45, 2.75) is 71.5 Å². The molecule has 12 heteroatoms. The predicted octanol–water partition coefficient (Wildman–Crippen LogP) is 6.30. The molecule has 1 heterocycles. The molecule has 46 heavy (non-hydrogen) atoms. The Hall–Kier alpha value is -4.03. The largest absolute Gasteiger partial charge is 0.480 e. The summed E-state index contributed by atoms with van der Waals surface area (Å²) in [5.41, 5.74) is 1.24. The summed E-state index contributed by atoms with van der Waals surface area (Å²) >= 11 is 0. The summed E-state index contributed by atoms with van der Waals surface area (Å²) in [5, 5.41) is 22.3. The third-order valence-electron chi connectivity index (χ3n) is 7.57. The number of benzene rings is 2. The molecule has 2 aromatic carbocycles. The molecule has 0 saturated heterocycles. The van der Waals surface area contributed by atoms with Gasteiger partial charge in [0, 0.05) is 44.2 Å². The van der Waals surface area contributed by atoms with Crippen LogP contribution in [0.5, 0.6) is 0 Å². The lowest BCUT2D eigenvalue weighted by Crippen LogP contribution is -2.48. The number of alkyl carbamates (subject to hydrolysis) is 1. The highest BCUT2D eigenvalue weighted by atomic mass is 28.3. The molecule has 250 valence electrons. The minimum atomic E-state index is -1.48. The van der Waals surface area contributed by atoms with Crippen LogP contribution in [0.2, 0.25) is 25.7 Å². The molecule has 1 aromatic heterocycles. The number of rotatable bonds is 14. The van der Waals surface area contributed by atoms with E-state index in [1.54, 1.807) is 12.3 Å². The number of carboxylic acids is 1. The fourth-order valence-corrected chi connectivity index (χ4v) is 5.97. The molecule has 0 bridgehead atoms. The van der Waals surface area contributed by atoms with Gasteiger partial charge in [0.2, 0.25) is 5.91 Å². The van der Waals surface area contributed by atoms with Crippen LogP contribution in [0.4, 0.5) is 13.6 Å². The number of carboxylic acid groups (broad SMARTS) is 1. The van der Waals surface area contributed by atoms with Gasteiger partial charge in [0.1, 0.15) is 24.3 Å². The summed E-state index contributed by atoms with van der Waals surface area (Å²) in [7, 11) is -1.48. The first-order valence-electron chi connectivity index (χ1n) is 15.3. The van der Waals surface area contributed by atoms with Crippen molar-refractivity contribution < 1.29 is 38.1 Å². The van der Waals surface area contributed by atoms with E-state index in [1.807, 2.05) is 55.7 Å². The Bertz CT molecular complexity index is 1500. The first-order valence-corrected chi connectivity index (χ1v) is 19.0. The average Bonchev–Trinajstić information content (AvgIpc) is 3.36. The molecule has 0 fully saturated rings. The van der Waals surface area contributed by atoms with Gasteiger partial charge in [-0.1, -0.05) is 70.7 Å². The van der Waals surface area contributed by atoms with Crippen LogP contribution in [0.15, 0.2) is 60.8 Å². The van der Waals surface area contributed by atoms with Crippen molar-refractivity contribution in [3.63, 3.8) is 0 Å². The molecule has 0 aliphatic rings. The summed E-state index contributed by atoms with van der Waals surface area (Å²) in [4.78, 5) is 39.3. The molecule has 1 unspecified atom stereocenters. The number of aliphatic hydroxyl groups excluding tert-OH is 1. The highest BCUT2D eigenvalue weighted by Gasteiger charge is 2.38. The fourth-order valence-electron chi connectivity index (χ4n) is 5.26. The number of nitrogens with zero attached hydrogens (tertiary/aromatic N) is 2. The first-order chi connectivity index (χ1) is 21.5. The van der Waals surface area contributed by atoms with Crippen molar-refractivity contribution in [2.75, 3.05) is 19.8 Å². The maximum Gasteiger partial charge on any atom is 0.407 e. The van der Waals surface area contributed by atoms with E-state index in [4.69, 9.17) is 4.74 Å². The lowest BCUT2D eigenvalue weighted by atomic mass is 9.82. The Morgan fingerprint density at radius 1 is 1.04 bits per heavy atom. The van der Waals surface area contributed by atoms with Gasteiger partial charge < -0.3 is 29.7 Å². The molecule has 9 nitrogen and oxygen atoms in total. The summed E-state index contributed by atoms with van der Waals surface area (Å²) in [5.74, 6) is -3.19. The normalized spacial score (nSPS) is 13.2. The average molecular weight is 658 g/mol. The monoisotopic (exact) mass is 657 g/mol. The summed E-state index contributed by atoms with van der Waals surface area (Å²) in [6, 6.07) is 13.0. The van der Waals surface area contributed by atoms with Crippen LogP contribution < -0.4 is 5.32 Å². The van der Waals surface area contributed by atoms with E-state index >= 15 is 0 Å². The van der Waals surface area contributed by atoms with Crippen LogP contribution >= 0.6 is 0 Å². The molecule has 3 aromatic rings. The molecular formula is C34H45F2N3O6Si. The Morgan fingerprint density at radius 2 is 1.72 bits per heavy atom. The summed E-state index contributed by atoms with van der Waals surface area (Å²) in [6.45, 7) is 11.6. The van der Waals surface area contributed by atoms with E-state index < -0.39 is 61.8 Å². The van der Waals surface area contributed by atoms with E-state index in [-0.39, 0.29) is 25.1 Å². The van der Waals surface area contributed by atoms with Crippen LogP contribution in [0.25, 0.3) is 11.1 Å². The molecule has 0 spiro atoms. The second kappa shape index (κ2) is 15.5. The molecule has 0 aliphatic carbocycles. The maximum atomic E-state index is 15.0. The highest BCUT2D eigenvalue weighted by molar-refractivity contribution is 6.76. The number of aromatic nitrogens is 1. The van der Waals surface area contributed by atoms with Gasteiger partial charge in [0.05, 0.1) is 12.6 Å². The standard InChI is InChI=1S/C34H45F2N3O6Si/c1-34(2,3)31(39(30(41)22-40)15-14-28(32(42)43)37-33(44)45-16-17-46(4,5)6)29-18-24(26-19-25(35)12-13-27(26)36)21-38(29)20-23-10-8-7-9-11-23/h7-13,18-19,21,28,31,40H,14-17,20,22H2,1-6H3,(H,37,44)(H,42,43)/t28-,31?/m0/s1. The SMILES string of the molecule is CC(C)(C)C(c1cc(-c2cc(F)ccc2F)cn1Cc1ccccc1)N(CC[C@H](NC(=O)OCC[Si](C)(C)C)C(=O)O)C(=O)CO. The van der Waals surface area contributed by atoms with Gasteiger partial charge in [0.15, 0.2) is 0 Å². The van der Waals surface area contributed by atoms with Crippen LogP contribution in [0.1, 0.15) is 44.5 Å². The lowest BCUT2D eigenvalue weighted by Gasteiger charge is -2.41. The molecular weight excluding hydrogens is 612 g/mol. The van der Waals surface area contributed by atoms with Crippen molar-refractivity contribution in [3.05, 3.63) is 83.7 Å². The molecule has 2 amide bonds. The van der Waals surface area contributed by atoms with E-state index in [2.05, 4.69) is 25.0 Å². The number of carbonyl (C=O) groups excluding carboxylic acids is 2. The maximum absolute atomic E-state index is 15.0. The molecule has 3 rings (SSSR count). The van der Waals surface area contributed by atoms with Crippen molar-refractivity contribution in [3.8, 4) is 11.1 Å². The molecule has 2 atom stereocenters. The Labute approximate surface area is 270 Å². The number of hydrogen-bond donors (Lipinski definition) is 3. The van der Waals surface area contributed by atoms with Gasteiger partial charge in [-0.15, -0.1) is 0 Å². The quantitative estimate of drug-likeness (QED) is 0.175. The van der Waals surface area contributed by atoms with Gasteiger partial charge in [-0.2, -0.15) is 0 Å². The van der Waals surface area contributed by atoms with Crippen LogP contribution in [-0.4, -0.2) is 71.5 Å². The number of amides is 2. The zero-order valence-electron chi connectivity index (χ0n) is 27.3. The number of hydrogen-bond acceptors (Lipinski definition) is 5. The Morgan fingerprint density at radius 3 is 2.30 bits per heavy atom. The predicted molar refractivity (Wildman–Crippen MR) is 175 cm³/mol. The number of carbonyl (C=O) groups is 3. The molecule has 0 radical (unpaired) electrons. The molecule has 0 saturated carbocycles. The van der Waals surface area contributed by atoms with Crippen LogP contribution in [-0.2, 0) is 20.9 Å². The van der Waals surface area contributed by atoms with E-state index in [1.165, 1.54) is 4.90 Å². The minimum Gasteiger partial charge on any atom is -0.480 e. The second-order valence-corrected chi connectivity index (χ2v) is 19.3. The van der Waals surface area contributed by atoms with E-state index in [9.17, 15) is 33.4 Å². The number of nitrogens with one attached hydrogen (secondary N) is 1. The van der Waals surface area contributed by atoms with E-state index in [0.29, 0.717) is 23.8 Å². The zero-order chi connectivity index (χ0) is 34.2. The Balaban J connectivity index is 2.02. The van der Waals surface area contributed by atoms with Crippen LogP contribution in [0.3, 0.4) is 0 Å². The number of aliphatic carboxylic acids is 1. The minimum absolute atomic E-state index is 0.0449. The summed E-state index contributed by atoms with van der Waals surface area (Å²) < 4.78 is 36.3. The van der Waals surface area contributed by atoms with Crippen molar-refractivity contribution in [1.29, 1.82) is 0 Å². The highest BCUT2D eigenvalue weighted by Crippen LogP contribution is 2.41. The Kier molecular flexibility index (Phi) is 12.3. The number of aliphatic hydroxyl groups is 1. The van der Waals surface area contributed by atoms with Gasteiger partial charge >= 0.3 is 12.1 Å².